The molecule has 0 N–H and O–H groups in total. The maximum absolute atomic E-state index is 3.93. The molecule has 0 amide bonds. The highest BCUT2D eigenvalue weighted by molar-refractivity contribution is 5.34. The summed E-state index contributed by atoms with van der Waals surface area (Å²) in [4.78, 5) is 0. The fourth-order valence-corrected chi connectivity index (χ4v) is 1.93. The third-order valence-electron chi connectivity index (χ3n) is 3.92. The molecule has 0 fully saturated rings. The van der Waals surface area contributed by atoms with Crippen LogP contribution in [0.3, 0.4) is 0 Å². The number of hydrogen-bond donors (Lipinski definition) is 0. The lowest BCUT2D eigenvalue weighted by molar-refractivity contribution is 0.490. The van der Waals surface area contributed by atoms with Crippen molar-refractivity contribution in [1.29, 1.82) is 0 Å². The van der Waals surface area contributed by atoms with Crippen molar-refractivity contribution in [3.05, 3.63) is 47.6 Å². The molecule has 0 saturated carbocycles. The van der Waals surface area contributed by atoms with E-state index in [1.807, 2.05) is 0 Å². The van der Waals surface area contributed by atoms with Crippen molar-refractivity contribution in [2.24, 2.45) is 11.8 Å². The molecule has 0 spiro atoms. The third-order valence-corrected chi connectivity index (χ3v) is 3.92. The van der Waals surface area contributed by atoms with Gasteiger partial charge < -0.3 is 0 Å². The first-order valence-electron chi connectivity index (χ1n) is 7.91. The third kappa shape index (κ3) is 8.96. The van der Waals surface area contributed by atoms with Crippen molar-refractivity contribution in [3.8, 4) is 0 Å². The van der Waals surface area contributed by atoms with Crippen LogP contribution in [0.2, 0.25) is 0 Å². The van der Waals surface area contributed by atoms with Crippen LogP contribution in [0, 0.1) is 11.8 Å². The van der Waals surface area contributed by atoms with Crippen LogP contribution in [0.1, 0.15) is 67.2 Å². The van der Waals surface area contributed by atoms with Gasteiger partial charge in [0.25, 0.3) is 0 Å². The average molecular weight is 274 g/mol. The Bertz CT molecular complexity index is 377. The Kier molecular flexibility index (Phi) is 9.29. The maximum atomic E-state index is 3.93. The Morgan fingerprint density at radius 1 is 1.05 bits per heavy atom. The molecule has 1 atom stereocenters. The first kappa shape index (κ1) is 19.0. The molecule has 1 aliphatic rings. The van der Waals surface area contributed by atoms with Crippen molar-refractivity contribution in [2.45, 2.75) is 67.2 Å². The molecule has 1 rings (SSSR count). The molecule has 0 aromatic rings. The summed E-state index contributed by atoms with van der Waals surface area (Å²) in [6.45, 7) is 21.0. The van der Waals surface area contributed by atoms with Crippen molar-refractivity contribution >= 4 is 0 Å². The zero-order chi connectivity index (χ0) is 15.7. The summed E-state index contributed by atoms with van der Waals surface area (Å²) in [6, 6.07) is 0. The summed E-state index contributed by atoms with van der Waals surface area (Å²) in [5.74, 6) is 1.55. The van der Waals surface area contributed by atoms with Gasteiger partial charge in [0.1, 0.15) is 0 Å². The van der Waals surface area contributed by atoms with E-state index < -0.39 is 0 Å². The number of allylic oxidation sites excluding steroid dienone is 6. The van der Waals surface area contributed by atoms with Gasteiger partial charge in [-0.1, -0.05) is 69.2 Å². The highest BCUT2D eigenvalue weighted by atomic mass is 14.1. The van der Waals surface area contributed by atoms with Gasteiger partial charge in [-0.2, -0.15) is 0 Å². The van der Waals surface area contributed by atoms with Crippen LogP contribution >= 0.6 is 0 Å². The van der Waals surface area contributed by atoms with Crippen LogP contribution in [0.25, 0.3) is 0 Å². The molecule has 0 heteroatoms. The van der Waals surface area contributed by atoms with Crippen molar-refractivity contribution in [2.75, 3.05) is 0 Å². The maximum Gasteiger partial charge on any atom is -0.0237 e. The summed E-state index contributed by atoms with van der Waals surface area (Å²) in [5.41, 5.74) is 5.42. The molecule has 0 aromatic carbocycles. The van der Waals surface area contributed by atoms with E-state index >= 15 is 0 Å². The van der Waals surface area contributed by atoms with Crippen LogP contribution in [-0.2, 0) is 0 Å². The van der Waals surface area contributed by atoms with Gasteiger partial charge in [-0.3, -0.25) is 0 Å². The van der Waals surface area contributed by atoms with E-state index in [-0.39, 0.29) is 0 Å². The Morgan fingerprint density at radius 3 is 2.00 bits per heavy atom. The quantitative estimate of drug-likeness (QED) is 0.480. The summed E-state index contributed by atoms with van der Waals surface area (Å²) in [6.07, 6.45) is 9.38. The molecule has 0 nitrogen and oxygen atoms in total. The second-order valence-electron chi connectivity index (χ2n) is 6.70. The van der Waals surface area contributed by atoms with Crippen molar-refractivity contribution in [1.82, 2.24) is 0 Å². The highest BCUT2D eigenvalue weighted by Crippen LogP contribution is 2.22. The lowest BCUT2D eigenvalue weighted by atomic mass is 9.95. The zero-order valence-electron chi connectivity index (χ0n) is 14.6. The van der Waals surface area contributed by atoms with Crippen LogP contribution < -0.4 is 0 Å². The highest BCUT2D eigenvalue weighted by Gasteiger charge is 2.03. The smallest absolute Gasteiger partial charge is 0.0237 e. The standard InChI is InChI=1S/C10H14.C10H20/c1-8(2)10-6-4-9(3)5-7-10;1-8(2)6-7-10(5)9(3)4/h4,6H,1,5,7H2,2-3H3;8,10H,3,6-7H2,1-2,4-5H3. The Balaban J connectivity index is 0.000000361. The molecule has 0 aliphatic heterocycles. The van der Waals surface area contributed by atoms with Crippen LogP contribution in [0.4, 0.5) is 0 Å². The fraction of sp³-hybridized carbons (Fsp3) is 0.600. The van der Waals surface area contributed by atoms with Gasteiger partial charge in [-0.25, -0.2) is 0 Å². The minimum Gasteiger partial charge on any atom is -0.0999 e. The lowest BCUT2D eigenvalue weighted by Crippen LogP contribution is -1.97. The minimum absolute atomic E-state index is 0.711. The van der Waals surface area contributed by atoms with Gasteiger partial charge in [0, 0.05) is 0 Å². The van der Waals surface area contributed by atoms with Gasteiger partial charge >= 0.3 is 0 Å². The molecule has 20 heavy (non-hydrogen) atoms. The van der Waals surface area contributed by atoms with Gasteiger partial charge in [-0.15, -0.1) is 0 Å². The van der Waals surface area contributed by atoms with E-state index in [9.17, 15) is 0 Å². The largest absolute Gasteiger partial charge is 0.0999 e. The summed E-state index contributed by atoms with van der Waals surface area (Å²) >= 11 is 0. The van der Waals surface area contributed by atoms with Gasteiger partial charge in [-0.05, 0) is 57.4 Å². The summed E-state index contributed by atoms with van der Waals surface area (Å²) < 4.78 is 0. The lowest BCUT2D eigenvalue weighted by Gasteiger charge is -2.11. The second-order valence-corrected chi connectivity index (χ2v) is 6.70. The summed E-state index contributed by atoms with van der Waals surface area (Å²) in [5, 5.41) is 0. The Morgan fingerprint density at radius 2 is 1.65 bits per heavy atom. The molecule has 0 saturated heterocycles. The second kappa shape index (κ2) is 9.80. The first-order chi connectivity index (χ1) is 9.23. The normalized spacial score (nSPS) is 15.8. The van der Waals surface area contributed by atoms with E-state index in [4.69, 9.17) is 0 Å². The molecular formula is C20H34. The fourth-order valence-electron chi connectivity index (χ4n) is 1.93. The molecule has 1 unspecified atom stereocenters. The van der Waals surface area contributed by atoms with E-state index in [1.165, 1.54) is 48.0 Å². The van der Waals surface area contributed by atoms with E-state index in [1.54, 1.807) is 0 Å². The molecule has 0 bridgehead atoms. The zero-order valence-corrected chi connectivity index (χ0v) is 14.6. The molecule has 0 heterocycles. The monoisotopic (exact) mass is 274 g/mol. The average Bonchev–Trinajstić information content (AvgIpc) is 2.37. The molecule has 114 valence electrons. The minimum atomic E-state index is 0.711. The van der Waals surface area contributed by atoms with Gasteiger partial charge in [0.15, 0.2) is 0 Å². The first-order valence-corrected chi connectivity index (χ1v) is 7.91. The molecule has 0 radical (unpaired) electrons. The van der Waals surface area contributed by atoms with Crippen molar-refractivity contribution < 1.29 is 0 Å². The van der Waals surface area contributed by atoms with E-state index in [2.05, 4.69) is 66.9 Å². The Hall–Kier alpha value is -1.04. The van der Waals surface area contributed by atoms with Gasteiger partial charge in [0.05, 0.1) is 0 Å². The van der Waals surface area contributed by atoms with E-state index in [0.29, 0.717) is 5.92 Å². The molecule has 0 aromatic heterocycles. The van der Waals surface area contributed by atoms with E-state index in [0.717, 1.165) is 5.92 Å². The SMILES string of the molecule is C=C(C)C(C)CCC(C)C.C=C(C)C1=CC=C(C)CC1. The van der Waals surface area contributed by atoms with Crippen LogP contribution in [-0.4, -0.2) is 0 Å². The predicted molar refractivity (Wildman–Crippen MR) is 93.9 cm³/mol. The number of rotatable bonds is 5. The summed E-state index contributed by atoms with van der Waals surface area (Å²) in [7, 11) is 0. The molecule has 1 aliphatic carbocycles. The topological polar surface area (TPSA) is 0 Å². The predicted octanol–water partition coefficient (Wildman–Crippen LogP) is 6.86. The molecular weight excluding hydrogens is 240 g/mol. The number of hydrogen-bond acceptors (Lipinski definition) is 0. The Labute approximate surface area is 127 Å². The van der Waals surface area contributed by atoms with Crippen LogP contribution in [0.15, 0.2) is 47.6 Å². The van der Waals surface area contributed by atoms with Crippen LogP contribution in [0.5, 0.6) is 0 Å². The van der Waals surface area contributed by atoms with Crippen molar-refractivity contribution in [3.63, 3.8) is 0 Å². The van der Waals surface area contributed by atoms with Gasteiger partial charge in [0.2, 0.25) is 0 Å².